The Hall–Kier alpha value is -1.86. The number of amides is 1. The normalized spacial score (nSPS) is 11.3. The van der Waals surface area contributed by atoms with Crippen LogP contribution in [0.4, 0.5) is 0 Å². The molecule has 0 fully saturated rings. The van der Waals surface area contributed by atoms with Crippen LogP contribution < -0.4 is 5.32 Å². The highest BCUT2D eigenvalue weighted by Gasteiger charge is 2.10. The van der Waals surface area contributed by atoms with Crippen molar-refractivity contribution in [2.24, 2.45) is 7.05 Å². The van der Waals surface area contributed by atoms with Crippen molar-refractivity contribution in [3.8, 4) is 0 Å². The molecule has 2 aromatic rings. The lowest BCUT2D eigenvalue weighted by molar-refractivity contribution is 0.0944. The van der Waals surface area contributed by atoms with E-state index in [0.717, 1.165) is 5.56 Å². The van der Waals surface area contributed by atoms with E-state index in [1.54, 1.807) is 31.4 Å². The van der Waals surface area contributed by atoms with Gasteiger partial charge in [-0.1, -0.05) is 12.1 Å². The van der Waals surface area contributed by atoms with E-state index in [9.17, 15) is 13.2 Å². The van der Waals surface area contributed by atoms with Gasteiger partial charge in [0.25, 0.3) is 15.0 Å². The number of halogens is 1. The molecule has 0 saturated carbocycles. The first-order chi connectivity index (χ1) is 9.88. The van der Waals surface area contributed by atoms with Gasteiger partial charge in [0.05, 0.1) is 4.90 Å². The van der Waals surface area contributed by atoms with Gasteiger partial charge in [-0.05, 0) is 30.2 Å². The number of nitrogens with one attached hydrogen (secondary N) is 1. The lowest BCUT2D eigenvalue weighted by atomic mass is 10.1. The molecule has 0 aliphatic heterocycles. The van der Waals surface area contributed by atoms with Gasteiger partial charge < -0.3 is 5.32 Å². The van der Waals surface area contributed by atoms with Crippen molar-refractivity contribution in [1.29, 1.82) is 0 Å². The van der Waals surface area contributed by atoms with Crippen LogP contribution in [-0.4, -0.2) is 30.7 Å². The van der Waals surface area contributed by atoms with E-state index in [-0.39, 0.29) is 10.8 Å². The predicted molar refractivity (Wildman–Crippen MR) is 78.7 cm³/mol. The Bertz CT molecular complexity index is 738. The zero-order chi connectivity index (χ0) is 15.5. The third-order valence-electron chi connectivity index (χ3n) is 2.96. The van der Waals surface area contributed by atoms with Gasteiger partial charge in [0.1, 0.15) is 5.69 Å². The maximum absolute atomic E-state index is 11.8. The summed E-state index contributed by atoms with van der Waals surface area (Å²) in [6.45, 7) is 0.441. The summed E-state index contributed by atoms with van der Waals surface area (Å²) in [4.78, 5) is 11.9. The van der Waals surface area contributed by atoms with Crippen LogP contribution in [0, 0.1) is 0 Å². The van der Waals surface area contributed by atoms with Crippen LogP contribution in [-0.2, 0) is 22.5 Å². The van der Waals surface area contributed by atoms with Crippen molar-refractivity contribution in [3.05, 3.63) is 47.8 Å². The highest BCUT2D eigenvalue weighted by molar-refractivity contribution is 8.13. The molecule has 0 aliphatic carbocycles. The summed E-state index contributed by atoms with van der Waals surface area (Å²) >= 11 is 0. The first kappa shape index (κ1) is 15.5. The average Bonchev–Trinajstić information content (AvgIpc) is 2.84. The fraction of sp³-hybridized carbons (Fsp3) is 0.231. The highest BCUT2D eigenvalue weighted by atomic mass is 35.7. The summed E-state index contributed by atoms with van der Waals surface area (Å²) in [5.41, 5.74) is 1.39. The molecule has 112 valence electrons. The Balaban J connectivity index is 1.89. The zero-order valence-corrected chi connectivity index (χ0v) is 12.9. The summed E-state index contributed by atoms with van der Waals surface area (Å²) in [6.07, 6.45) is 2.15. The first-order valence-electron chi connectivity index (χ1n) is 6.18. The van der Waals surface area contributed by atoms with Crippen molar-refractivity contribution >= 4 is 25.6 Å². The van der Waals surface area contributed by atoms with Crippen LogP contribution in [0.1, 0.15) is 16.1 Å². The number of benzene rings is 1. The van der Waals surface area contributed by atoms with Gasteiger partial charge in [-0.15, -0.1) is 0 Å². The van der Waals surface area contributed by atoms with E-state index in [2.05, 4.69) is 10.4 Å². The molecule has 0 spiro atoms. The Morgan fingerprint density at radius 1 is 1.29 bits per heavy atom. The molecule has 0 radical (unpaired) electrons. The number of nitrogens with zero attached hydrogens (tertiary/aromatic N) is 2. The van der Waals surface area contributed by atoms with Crippen molar-refractivity contribution in [2.75, 3.05) is 6.54 Å². The maximum Gasteiger partial charge on any atom is 0.269 e. The minimum absolute atomic E-state index is 0.0619. The standard InChI is InChI=1S/C13H14ClN3O3S/c1-17-12(7-9-16-17)13(18)15-8-6-10-2-4-11(5-3-10)21(14,19)20/h2-5,7,9H,6,8H2,1H3,(H,15,18). The monoisotopic (exact) mass is 327 g/mol. The van der Waals surface area contributed by atoms with E-state index < -0.39 is 9.05 Å². The summed E-state index contributed by atoms with van der Waals surface area (Å²) < 4.78 is 23.7. The third-order valence-corrected chi connectivity index (χ3v) is 4.33. The van der Waals surface area contributed by atoms with Crippen LogP contribution in [0.15, 0.2) is 41.4 Å². The van der Waals surface area contributed by atoms with E-state index in [1.165, 1.54) is 16.8 Å². The van der Waals surface area contributed by atoms with E-state index in [0.29, 0.717) is 18.7 Å². The van der Waals surface area contributed by atoms with E-state index >= 15 is 0 Å². The molecular formula is C13H14ClN3O3S. The number of carbonyl (C=O) groups excluding carboxylic acids is 1. The SMILES string of the molecule is Cn1nccc1C(=O)NCCc1ccc(S(=O)(=O)Cl)cc1. The topological polar surface area (TPSA) is 81.1 Å². The summed E-state index contributed by atoms with van der Waals surface area (Å²) in [7, 11) is 3.24. The van der Waals surface area contributed by atoms with E-state index in [1.807, 2.05) is 0 Å². The number of hydrogen-bond donors (Lipinski definition) is 1. The molecule has 6 nitrogen and oxygen atoms in total. The van der Waals surface area contributed by atoms with E-state index in [4.69, 9.17) is 10.7 Å². The Morgan fingerprint density at radius 3 is 2.48 bits per heavy atom. The van der Waals surface area contributed by atoms with Crippen molar-refractivity contribution < 1.29 is 13.2 Å². The molecule has 1 amide bonds. The van der Waals surface area contributed by atoms with Gasteiger partial charge >= 0.3 is 0 Å². The molecule has 0 unspecified atom stereocenters. The third kappa shape index (κ3) is 4.05. The summed E-state index contributed by atoms with van der Waals surface area (Å²) in [5, 5.41) is 6.70. The zero-order valence-electron chi connectivity index (χ0n) is 11.3. The molecular weight excluding hydrogens is 314 g/mol. The van der Waals surface area contributed by atoms with Crippen LogP contribution in [0.2, 0.25) is 0 Å². The Morgan fingerprint density at radius 2 is 1.95 bits per heavy atom. The number of rotatable bonds is 5. The number of aryl methyl sites for hydroxylation is 1. The molecule has 1 aromatic heterocycles. The molecule has 0 saturated heterocycles. The molecule has 0 aliphatic rings. The second kappa shape index (κ2) is 6.28. The Labute approximate surface area is 127 Å². The van der Waals surface area contributed by atoms with Gasteiger partial charge in [0, 0.05) is 30.5 Å². The van der Waals surface area contributed by atoms with Gasteiger partial charge in [-0.25, -0.2) is 8.42 Å². The summed E-state index contributed by atoms with van der Waals surface area (Å²) in [6, 6.07) is 7.87. The van der Waals surface area contributed by atoms with Gasteiger partial charge in [-0.3, -0.25) is 9.48 Å². The van der Waals surface area contributed by atoms with Crippen molar-refractivity contribution in [1.82, 2.24) is 15.1 Å². The molecule has 1 heterocycles. The number of hydrogen-bond acceptors (Lipinski definition) is 4. The fourth-order valence-electron chi connectivity index (χ4n) is 1.83. The number of aromatic nitrogens is 2. The first-order valence-corrected chi connectivity index (χ1v) is 8.48. The molecule has 1 aromatic carbocycles. The van der Waals surface area contributed by atoms with Crippen molar-refractivity contribution in [2.45, 2.75) is 11.3 Å². The second-order valence-corrected chi connectivity index (χ2v) is 6.99. The molecule has 2 rings (SSSR count). The molecule has 0 bridgehead atoms. The van der Waals surface area contributed by atoms with Crippen LogP contribution >= 0.6 is 10.7 Å². The summed E-state index contributed by atoms with van der Waals surface area (Å²) in [5.74, 6) is -0.199. The largest absolute Gasteiger partial charge is 0.350 e. The minimum atomic E-state index is -3.70. The second-order valence-electron chi connectivity index (χ2n) is 4.43. The van der Waals surface area contributed by atoms with Gasteiger partial charge in [-0.2, -0.15) is 5.10 Å². The number of carbonyl (C=O) groups is 1. The highest BCUT2D eigenvalue weighted by Crippen LogP contribution is 2.15. The van der Waals surface area contributed by atoms with Crippen LogP contribution in [0.5, 0.6) is 0 Å². The minimum Gasteiger partial charge on any atom is -0.350 e. The average molecular weight is 328 g/mol. The van der Waals surface area contributed by atoms with Crippen LogP contribution in [0.3, 0.4) is 0 Å². The van der Waals surface area contributed by atoms with Crippen molar-refractivity contribution in [3.63, 3.8) is 0 Å². The van der Waals surface area contributed by atoms with Gasteiger partial charge in [0.15, 0.2) is 0 Å². The quantitative estimate of drug-likeness (QED) is 0.840. The molecule has 0 atom stereocenters. The molecule has 1 N–H and O–H groups in total. The molecule has 8 heteroatoms. The lowest BCUT2D eigenvalue weighted by Crippen LogP contribution is -2.27. The molecule has 21 heavy (non-hydrogen) atoms. The van der Waals surface area contributed by atoms with Gasteiger partial charge in [0.2, 0.25) is 0 Å². The van der Waals surface area contributed by atoms with Crippen LogP contribution in [0.25, 0.3) is 0 Å². The smallest absolute Gasteiger partial charge is 0.269 e. The lowest BCUT2D eigenvalue weighted by Gasteiger charge is -2.06. The maximum atomic E-state index is 11.8. The Kier molecular flexibility index (Phi) is 4.64. The predicted octanol–water partition coefficient (Wildman–Crippen LogP) is 1.32. The fourth-order valence-corrected chi connectivity index (χ4v) is 2.60.